The molecule has 0 aliphatic heterocycles. The molecule has 0 spiro atoms. The van der Waals surface area contributed by atoms with Crippen molar-refractivity contribution in [3.63, 3.8) is 0 Å². The first-order valence-corrected chi connectivity index (χ1v) is 8.33. The highest BCUT2D eigenvalue weighted by atomic mass is 16.3. The van der Waals surface area contributed by atoms with E-state index >= 15 is 0 Å². The molecule has 1 aliphatic rings. The third-order valence-corrected chi connectivity index (χ3v) is 4.47. The molecule has 2 aromatic heterocycles. The van der Waals surface area contributed by atoms with Crippen LogP contribution in [0, 0.1) is 5.92 Å². The van der Waals surface area contributed by atoms with E-state index < -0.39 is 0 Å². The average molecular weight is 329 g/mol. The average Bonchev–Trinajstić information content (AvgIpc) is 3.16. The molecule has 1 saturated carbocycles. The summed E-state index contributed by atoms with van der Waals surface area (Å²) in [5.74, 6) is 1.19. The van der Waals surface area contributed by atoms with Gasteiger partial charge in [-0.25, -0.2) is 14.8 Å². The maximum absolute atomic E-state index is 12.0. The summed E-state index contributed by atoms with van der Waals surface area (Å²) in [5.41, 5.74) is 0.943. The molecule has 0 aromatic carbocycles. The topological polar surface area (TPSA) is 92.1 Å². The molecule has 7 heteroatoms. The van der Waals surface area contributed by atoms with Crippen molar-refractivity contribution in [2.45, 2.75) is 38.3 Å². The van der Waals surface area contributed by atoms with E-state index in [1.165, 1.54) is 0 Å². The van der Waals surface area contributed by atoms with E-state index in [1.807, 2.05) is 22.9 Å². The zero-order valence-corrected chi connectivity index (χ0v) is 13.6. The van der Waals surface area contributed by atoms with Crippen LogP contribution in [0.3, 0.4) is 0 Å². The molecule has 0 atom stereocenters. The van der Waals surface area contributed by atoms with E-state index in [0.29, 0.717) is 12.5 Å². The molecule has 3 rings (SSSR count). The lowest BCUT2D eigenvalue weighted by Gasteiger charge is -2.27. The Bertz CT molecular complexity index is 634. The third kappa shape index (κ3) is 4.32. The number of pyridine rings is 1. The molecule has 0 saturated heterocycles. The summed E-state index contributed by atoms with van der Waals surface area (Å²) in [7, 11) is 0. The Morgan fingerprint density at radius 3 is 2.75 bits per heavy atom. The van der Waals surface area contributed by atoms with Crippen molar-refractivity contribution in [3.05, 3.63) is 42.6 Å². The van der Waals surface area contributed by atoms with E-state index in [0.717, 1.165) is 37.1 Å². The molecule has 2 heterocycles. The SMILES string of the molecule is O=C(NCc1ccc(-n2ccnc2)nc1)NC1CCC(CO)CC1. The first kappa shape index (κ1) is 16.4. The molecule has 1 fully saturated rings. The van der Waals surface area contributed by atoms with Crippen LogP contribution in [0.5, 0.6) is 0 Å². The van der Waals surface area contributed by atoms with Crippen molar-refractivity contribution in [1.29, 1.82) is 0 Å². The maximum atomic E-state index is 12.0. The van der Waals surface area contributed by atoms with Gasteiger partial charge in [-0.1, -0.05) is 6.07 Å². The standard InChI is InChI=1S/C17H23N5O2/c23-11-13-1-4-15(5-2-13)21-17(24)20-10-14-3-6-16(19-9-14)22-8-7-18-12-22/h3,6-9,12-13,15,23H,1-2,4-5,10-11H2,(H2,20,21,24). The Labute approximate surface area is 141 Å². The first-order valence-electron chi connectivity index (χ1n) is 8.33. The summed E-state index contributed by atoms with van der Waals surface area (Å²) in [6.45, 7) is 0.690. The number of hydrogen-bond acceptors (Lipinski definition) is 4. The fourth-order valence-electron chi connectivity index (χ4n) is 2.98. The van der Waals surface area contributed by atoms with Gasteiger partial charge < -0.3 is 15.7 Å². The molecule has 7 nitrogen and oxygen atoms in total. The van der Waals surface area contributed by atoms with Crippen molar-refractivity contribution < 1.29 is 9.90 Å². The second-order valence-corrected chi connectivity index (χ2v) is 6.22. The Kier molecular flexibility index (Phi) is 5.43. The largest absolute Gasteiger partial charge is 0.396 e. The number of hydrogen-bond donors (Lipinski definition) is 3. The molecule has 0 unspecified atom stereocenters. The molecule has 24 heavy (non-hydrogen) atoms. The van der Waals surface area contributed by atoms with Gasteiger partial charge in [0.25, 0.3) is 0 Å². The minimum atomic E-state index is -0.152. The number of imidazole rings is 1. The number of rotatable bonds is 5. The molecule has 128 valence electrons. The van der Waals surface area contributed by atoms with Crippen molar-refractivity contribution in [1.82, 2.24) is 25.2 Å². The summed E-state index contributed by atoms with van der Waals surface area (Å²) in [6, 6.07) is 3.89. The first-order chi connectivity index (χ1) is 11.7. The predicted molar refractivity (Wildman–Crippen MR) is 89.6 cm³/mol. The van der Waals surface area contributed by atoms with E-state index in [9.17, 15) is 4.79 Å². The number of urea groups is 1. The van der Waals surface area contributed by atoms with Crippen LogP contribution in [0.25, 0.3) is 5.82 Å². The Balaban J connectivity index is 1.43. The molecule has 3 N–H and O–H groups in total. The van der Waals surface area contributed by atoms with Gasteiger partial charge >= 0.3 is 6.03 Å². The molecule has 0 radical (unpaired) electrons. The van der Waals surface area contributed by atoms with Gasteiger partial charge in [-0.15, -0.1) is 0 Å². The summed E-state index contributed by atoms with van der Waals surface area (Å²) in [6.07, 6.45) is 10.8. The Hall–Kier alpha value is -2.41. The number of nitrogens with one attached hydrogen (secondary N) is 2. The number of nitrogens with zero attached hydrogens (tertiary/aromatic N) is 3. The lowest BCUT2D eigenvalue weighted by atomic mass is 9.87. The normalized spacial score (nSPS) is 20.5. The number of amides is 2. The van der Waals surface area contributed by atoms with Crippen LogP contribution in [0.1, 0.15) is 31.2 Å². The van der Waals surface area contributed by atoms with Gasteiger partial charge in [-0.3, -0.25) is 4.57 Å². The quantitative estimate of drug-likeness (QED) is 0.777. The van der Waals surface area contributed by atoms with E-state index in [-0.39, 0.29) is 18.7 Å². The zero-order chi connectivity index (χ0) is 16.8. The van der Waals surface area contributed by atoms with Gasteiger partial charge in [0.15, 0.2) is 0 Å². The fourth-order valence-corrected chi connectivity index (χ4v) is 2.98. The number of aromatic nitrogens is 3. The van der Waals surface area contributed by atoms with Crippen molar-refractivity contribution in [2.75, 3.05) is 6.61 Å². The second kappa shape index (κ2) is 7.92. The smallest absolute Gasteiger partial charge is 0.315 e. The highest BCUT2D eigenvalue weighted by Crippen LogP contribution is 2.23. The van der Waals surface area contributed by atoms with Gasteiger partial charge in [0.05, 0.1) is 0 Å². The predicted octanol–water partition coefficient (Wildman–Crippen LogP) is 1.62. The van der Waals surface area contributed by atoms with Crippen LogP contribution < -0.4 is 10.6 Å². The number of carbonyl (C=O) groups is 1. The van der Waals surface area contributed by atoms with Crippen molar-refractivity contribution >= 4 is 6.03 Å². The van der Waals surface area contributed by atoms with Crippen LogP contribution in [0.15, 0.2) is 37.1 Å². The molecule has 1 aliphatic carbocycles. The van der Waals surface area contributed by atoms with Crippen molar-refractivity contribution in [2.24, 2.45) is 5.92 Å². The minimum Gasteiger partial charge on any atom is -0.396 e. The van der Waals surface area contributed by atoms with E-state index in [2.05, 4.69) is 20.6 Å². The monoisotopic (exact) mass is 329 g/mol. The van der Waals surface area contributed by atoms with E-state index in [1.54, 1.807) is 18.7 Å². The fraction of sp³-hybridized carbons (Fsp3) is 0.471. The Morgan fingerprint density at radius 2 is 2.12 bits per heavy atom. The van der Waals surface area contributed by atoms with Gasteiger partial charge in [0.2, 0.25) is 0 Å². The second-order valence-electron chi connectivity index (χ2n) is 6.22. The number of aliphatic hydroxyl groups is 1. The van der Waals surface area contributed by atoms with Gasteiger partial charge in [-0.05, 0) is 43.2 Å². The van der Waals surface area contributed by atoms with Gasteiger partial charge in [-0.2, -0.15) is 0 Å². The van der Waals surface area contributed by atoms with Crippen LogP contribution in [0.4, 0.5) is 4.79 Å². The summed E-state index contributed by atoms with van der Waals surface area (Å²) < 4.78 is 1.83. The van der Waals surface area contributed by atoms with Gasteiger partial charge in [0.1, 0.15) is 12.1 Å². The summed E-state index contributed by atoms with van der Waals surface area (Å²) in [5, 5.41) is 15.0. The van der Waals surface area contributed by atoms with Gasteiger partial charge in [0, 0.05) is 37.8 Å². The van der Waals surface area contributed by atoms with Crippen LogP contribution in [-0.4, -0.2) is 38.3 Å². The molecular weight excluding hydrogens is 306 g/mol. The maximum Gasteiger partial charge on any atom is 0.315 e. The molecule has 2 aromatic rings. The highest BCUT2D eigenvalue weighted by Gasteiger charge is 2.21. The summed E-state index contributed by atoms with van der Waals surface area (Å²) in [4.78, 5) is 20.3. The zero-order valence-electron chi connectivity index (χ0n) is 13.6. The minimum absolute atomic E-state index is 0.152. The highest BCUT2D eigenvalue weighted by molar-refractivity contribution is 5.74. The number of aliphatic hydroxyl groups excluding tert-OH is 1. The van der Waals surface area contributed by atoms with Crippen molar-refractivity contribution in [3.8, 4) is 5.82 Å². The number of carbonyl (C=O) groups excluding carboxylic acids is 1. The third-order valence-electron chi connectivity index (χ3n) is 4.47. The Morgan fingerprint density at radius 1 is 1.29 bits per heavy atom. The molecule has 2 amide bonds. The lowest BCUT2D eigenvalue weighted by Crippen LogP contribution is -2.43. The van der Waals surface area contributed by atoms with Crippen LogP contribution in [0.2, 0.25) is 0 Å². The lowest BCUT2D eigenvalue weighted by molar-refractivity contribution is 0.174. The molecule has 0 bridgehead atoms. The van der Waals surface area contributed by atoms with E-state index in [4.69, 9.17) is 5.11 Å². The molecular formula is C17H23N5O2. The van der Waals surface area contributed by atoms with Crippen LogP contribution in [-0.2, 0) is 6.54 Å². The summed E-state index contributed by atoms with van der Waals surface area (Å²) >= 11 is 0. The van der Waals surface area contributed by atoms with Crippen LogP contribution >= 0.6 is 0 Å².